The van der Waals surface area contributed by atoms with Crippen LogP contribution in [0.2, 0.25) is 0 Å². The summed E-state index contributed by atoms with van der Waals surface area (Å²) >= 11 is 0. The normalized spacial score (nSPS) is 21.9. The molecular weight excluding hydrogens is 381 g/mol. The lowest BCUT2D eigenvalue weighted by atomic mass is 9.80. The largest absolute Gasteiger partial charge is 0.416 e. The van der Waals surface area contributed by atoms with Gasteiger partial charge in [-0.3, -0.25) is 4.90 Å². The first-order chi connectivity index (χ1) is 12.7. The molecule has 5 nitrogen and oxygen atoms in total. The second-order valence-electron chi connectivity index (χ2n) is 7.23. The summed E-state index contributed by atoms with van der Waals surface area (Å²) in [4.78, 5) is 2.16. The summed E-state index contributed by atoms with van der Waals surface area (Å²) in [6.07, 6.45) is 0.541. The van der Waals surface area contributed by atoms with E-state index < -0.39 is 21.8 Å². The van der Waals surface area contributed by atoms with E-state index in [1.165, 1.54) is 0 Å². The maximum Gasteiger partial charge on any atom is 0.416 e. The van der Waals surface area contributed by atoms with Gasteiger partial charge in [0.1, 0.15) is 0 Å². The average Bonchev–Trinajstić information content (AvgIpc) is 2.67. The van der Waals surface area contributed by atoms with E-state index in [1.807, 2.05) is 0 Å². The number of ether oxygens (including phenoxy) is 1. The van der Waals surface area contributed by atoms with Gasteiger partial charge in [0.05, 0.1) is 23.7 Å². The van der Waals surface area contributed by atoms with Crippen molar-refractivity contribution in [3.8, 4) is 0 Å². The van der Waals surface area contributed by atoms with E-state index in [9.17, 15) is 21.6 Å². The number of sulfonamides is 1. The van der Waals surface area contributed by atoms with Gasteiger partial charge in [-0.25, -0.2) is 13.1 Å². The first-order valence-corrected chi connectivity index (χ1v) is 10.7. The summed E-state index contributed by atoms with van der Waals surface area (Å²) in [5, 5.41) is 0. The maximum atomic E-state index is 12.7. The highest BCUT2D eigenvalue weighted by Crippen LogP contribution is 2.34. The first-order valence-electron chi connectivity index (χ1n) is 9.23. The average molecular weight is 406 g/mol. The third kappa shape index (κ3) is 4.82. The molecule has 9 heteroatoms. The van der Waals surface area contributed by atoms with Crippen molar-refractivity contribution in [1.82, 2.24) is 9.62 Å². The van der Waals surface area contributed by atoms with Crippen LogP contribution in [0, 0.1) is 0 Å². The number of halogens is 3. The fraction of sp³-hybridized carbons (Fsp3) is 0.667. The Morgan fingerprint density at radius 2 is 1.63 bits per heavy atom. The van der Waals surface area contributed by atoms with E-state index in [2.05, 4.69) is 9.62 Å². The molecule has 0 bridgehead atoms. The zero-order valence-electron chi connectivity index (χ0n) is 15.1. The molecule has 1 aromatic rings. The lowest BCUT2D eigenvalue weighted by Gasteiger charge is -2.48. The van der Waals surface area contributed by atoms with Gasteiger partial charge < -0.3 is 4.74 Å². The molecule has 0 aromatic heterocycles. The molecule has 1 saturated carbocycles. The molecule has 1 aromatic carbocycles. The van der Waals surface area contributed by atoms with E-state index in [0.29, 0.717) is 13.2 Å². The summed E-state index contributed by atoms with van der Waals surface area (Å²) in [5.41, 5.74) is -1.11. The maximum absolute atomic E-state index is 12.7. The monoisotopic (exact) mass is 406 g/mol. The second-order valence-corrected chi connectivity index (χ2v) is 9.00. The van der Waals surface area contributed by atoms with Gasteiger partial charge in [0, 0.05) is 25.2 Å². The number of morpholine rings is 1. The highest BCUT2D eigenvalue weighted by atomic mass is 32.2. The zero-order chi connectivity index (χ0) is 19.5. The molecule has 0 spiro atoms. The van der Waals surface area contributed by atoms with Crippen LogP contribution in [0.15, 0.2) is 29.2 Å². The van der Waals surface area contributed by atoms with Crippen LogP contribution in [0.5, 0.6) is 0 Å². The van der Waals surface area contributed by atoms with Gasteiger partial charge in [0.15, 0.2) is 0 Å². The molecule has 1 saturated heterocycles. The zero-order valence-corrected chi connectivity index (χ0v) is 15.9. The van der Waals surface area contributed by atoms with E-state index in [1.54, 1.807) is 0 Å². The van der Waals surface area contributed by atoms with Crippen molar-refractivity contribution in [2.75, 3.05) is 32.8 Å². The van der Waals surface area contributed by atoms with Gasteiger partial charge >= 0.3 is 6.18 Å². The van der Waals surface area contributed by atoms with Crippen molar-refractivity contribution in [3.05, 3.63) is 29.8 Å². The summed E-state index contributed by atoms with van der Waals surface area (Å²) in [5.74, 6) is 0. The molecule has 1 N–H and O–H groups in total. The molecule has 152 valence electrons. The minimum atomic E-state index is -4.49. The third-order valence-corrected chi connectivity index (χ3v) is 6.97. The standard InChI is InChI=1S/C18H25F3N2O3S/c19-18(20,21)15-4-6-16(7-5-15)27(24,25)22-14-17(8-2-1-3-9-17)23-10-12-26-13-11-23/h4-7,22H,1-3,8-14H2. The molecule has 3 rings (SSSR count). The number of hydrogen-bond donors (Lipinski definition) is 1. The number of hydrogen-bond acceptors (Lipinski definition) is 4. The van der Waals surface area contributed by atoms with Crippen molar-refractivity contribution in [1.29, 1.82) is 0 Å². The van der Waals surface area contributed by atoms with E-state index in [0.717, 1.165) is 69.5 Å². The molecule has 1 aliphatic carbocycles. The molecule has 1 aliphatic heterocycles. The van der Waals surface area contributed by atoms with Crippen molar-refractivity contribution in [2.24, 2.45) is 0 Å². The summed E-state index contributed by atoms with van der Waals surface area (Å²) in [6, 6.07) is 3.61. The van der Waals surface area contributed by atoms with E-state index in [-0.39, 0.29) is 17.0 Å². The van der Waals surface area contributed by atoms with Crippen LogP contribution in [0.1, 0.15) is 37.7 Å². The fourth-order valence-electron chi connectivity index (χ4n) is 3.99. The van der Waals surface area contributed by atoms with Crippen LogP contribution in [0.3, 0.4) is 0 Å². The van der Waals surface area contributed by atoms with Crippen LogP contribution in [0.25, 0.3) is 0 Å². The molecule has 27 heavy (non-hydrogen) atoms. The van der Waals surface area contributed by atoms with Gasteiger partial charge in [0.2, 0.25) is 10.0 Å². The Kier molecular flexibility index (Phi) is 6.14. The SMILES string of the molecule is O=S(=O)(NCC1(N2CCOCC2)CCCCC1)c1ccc(C(F)(F)F)cc1. The Labute approximate surface area is 157 Å². The van der Waals surface area contributed by atoms with Gasteiger partial charge in [-0.2, -0.15) is 13.2 Å². The van der Waals surface area contributed by atoms with E-state index >= 15 is 0 Å². The Balaban J connectivity index is 1.73. The Morgan fingerprint density at radius 3 is 2.19 bits per heavy atom. The number of nitrogens with one attached hydrogen (secondary N) is 1. The Hall–Kier alpha value is -1.16. The summed E-state index contributed by atoms with van der Waals surface area (Å²) in [6.45, 7) is 3.06. The van der Waals surface area contributed by atoms with Crippen molar-refractivity contribution >= 4 is 10.0 Å². The van der Waals surface area contributed by atoms with Crippen molar-refractivity contribution < 1.29 is 26.3 Å². The predicted molar refractivity (Wildman–Crippen MR) is 94.8 cm³/mol. The van der Waals surface area contributed by atoms with Crippen LogP contribution in [-0.2, 0) is 20.9 Å². The molecule has 2 aliphatic rings. The second kappa shape index (κ2) is 8.06. The van der Waals surface area contributed by atoms with E-state index in [4.69, 9.17) is 4.74 Å². The van der Waals surface area contributed by atoms with Gasteiger partial charge in [0.25, 0.3) is 0 Å². The highest BCUT2D eigenvalue weighted by molar-refractivity contribution is 7.89. The molecule has 2 fully saturated rings. The number of benzene rings is 1. The number of nitrogens with zero attached hydrogens (tertiary/aromatic N) is 1. The highest BCUT2D eigenvalue weighted by Gasteiger charge is 2.39. The third-order valence-electron chi connectivity index (χ3n) is 5.55. The summed E-state index contributed by atoms with van der Waals surface area (Å²) < 4.78 is 71.4. The van der Waals surface area contributed by atoms with Crippen molar-refractivity contribution in [3.63, 3.8) is 0 Å². The summed E-state index contributed by atoms with van der Waals surface area (Å²) in [7, 11) is -3.87. The van der Waals surface area contributed by atoms with Gasteiger partial charge in [-0.15, -0.1) is 0 Å². The van der Waals surface area contributed by atoms with Gasteiger partial charge in [-0.05, 0) is 37.1 Å². The lowest BCUT2D eigenvalue weighted by molar-refractivity contribution is -0.137. The minimum Gasteiger partial charge on any atom is -0.379 e. The van der Waals surface area contributed by atoms with Gasteiger partial charge in [-0.1, -0.05) is 19.3 Å². The number of alkyl halides is 3. The van der Waals surface area contributed by atoms with Crippen LogP contribution in [0.4, 0.5) is 13.2 Å². The topological polar surface area (TPSA) is 58.6 Å². The molecule has 1 heterocycles. The molecule has 0 atom stereocenters. The van der Waals surface area contributed by atoms with Crippen LogP contribution in [-0.4, -0.2) is 51.7 Å². The van der Waals surface area contributed by atoms with Crippen LogP contribution < -0.4 is 4.72 Å². The Morgan fingerprint density at radius 1 is 1.04 bits per heavy atom. The molecule has 0 radical (unpaired) electrons. The molecular formula is C18H25F3N2O3S. The van der Waals surface area contributed by atoms with Crippen LogP contribution >= 0.6 is 0 Å². The quantitative estimate of drug-likeness (QED) is 0.817. The Bertz CT molecular complexity index is 723. The minimum absolute atomic E-state index is 0.150. The lowest BCUT2D eigenvalue weighted by Crippen LogP contribution is -2.59. The molecule has 0 amide bonds. The smallest absolute Gasteiger partial charge is 0.379 e. The van der Waals surface area contributed by atoms with Crippen molar-refractivity contribution in [2.45, 2.75) is 48.7 Å². The fourth-order valence-corrected chi connectivity index (χ4v) is 5.11. The first kappa shape index (κ1) is 20.6. The predicted octanol–water partition coefficient (Wildman–Crippen LogP) is 3.02. The molecule has 0 unspecified atom stereocenters. The number of rotatable bonds is 5.